The van der Waals surface area contributed by atoms with Gasteiger partial charge in [0.1, 0.15) is 0 Å². The van der Waals surface area contributed by atoms with Crippen LogP contribution in [0, 0.1) is 0 Å². The quantitative estimate of drug-likeness (QED) is 0.876. The maximum Gasteiger partial charge on any atom is 0.261 e. The van der Waals surface area contributed by atoms with E-state index in [1.165, 1.54) is 25.1 Å². The van der Waals surface area contributed by atoms with Crippen molar-refractivity contribution in [2.45, 2.75) is 18.2 Å². The van der Waals surface area contributed by atoms with E-state index in [9.17, 15) is 13.2 Å². The van der Waals surface area contributed by atoms with E-state index in [1.807, 2.05) is 6.07 Å². The third kappa shape index (κ3) is 3.22. The molecule has 126 valence electrons. The molecule has 0 unspecified atom stereocenters. The third-order valence-corrected chi connectivity index (χ3v) is 5.93. The number of sulfonamides is 1. The maximum absolute atomic E-state index is 12.5. The Labute approximate surface area is 150 Å². The number of amides is 1. The van der Waals surface area contributed by atoms with Crippen molar-refractivity contribution in [3.8, 4) is 0 Å². The van der Waals surface area contributed by atoms with Crippen LogP contribution in [0.4, 0.5) is 11.4 Å². The van der Waals surface area contributed by atoms with Crippen molar-refractivity contribution in [2.24, 2.45) is 0 Å². The molecule has 0 aliphatic carbocycles. The molecule has 2 aromatic carbocycles. The van der Waals surface area contributed by atoms with Crippen molar-refractivity contribution in [2.75, 3.05) is 16.2 Å². The Bertz CT molecular complexity index is 929. The lowest BCUT2D eigenvalue weighted by molar-refractivity contribution is -0.116. The van der Waals surface area contributed by atoms with Gasteiger partial charge in [-0.3, -0.25) is 9.52 Å². The summed E-state index contributed by atoms with van der Waals surface area (Å²) in [7, 11) is -3.80. The van der Waals surface area contributed by atoms with E-state index < -0.39 is 10.0 Å². The average molecular weight is 385 g/mol. The zero-order valence-corrected chi connectivity index (χ0v) is 15.0. The van der Waals surface area contributed by atoms with Gasteiger partial charge in [0, 0.05) is 19.2 Å². The number of hydrogen-bond acceptors (Lipinski definition) is 3. The minimum Gasteiger partial charge on any atom is -0.312 e. The first-order valence-electron chi connectivity index (χ1n) is 7.17. The number of halogens is 2. The molecule has 0 radical (unpaired) electrons. The minimum atomic E-state index is -3.80. The Morgan fingerprint density at radius 1 is 1.12 bits per heavy atom. The molecule has 1 aliphatic rings. The molecular formula is C16H14Cl2N2O3S. The van der Waals surface area contributed by atoms with Gasteiger partial charge < -0.3 is 4.90 Å². The van der Waals surface area contributed by atoms with E-state index in [2.05, 4.69) is 4.72 Å². The maximum atomic E-state index is 12.5. The van der Waals surface area contributed by atoms with Gasteiger partial charge in [0.25, 0.3) is 10.0 Å². The molecule has 0 atom stereocenters. The van der Waals surface area contributed by atoms with E-state index in [0.717, 1.165) is 17.7 Å². The number of benzene rings is 2. The topological polar surface area (TPSA) is 66.5 Å². The van der Waals surface area contributed by atoms with Gasteiger partial charge in [0.2, 0.25) is 5.91 Å². The van der Waals surface area contributed by atoms with Gasteiger partial charge in [-0.1, -0.05) is 29.3 Å². The van der Waals surface area contributed by atoms with Gasteiger partial charge in [0.05, 0.1) is 20.6 Å². The zero-order chi connectivity index (χ0) is 17.5. The number of fused-ring (bicyclic) bond motifs is 1. The molecule has 5 nitrogen and oxygen atoms in total. The first kappa shape index (κ1) is 17.1. The Morgan fingerprint density at radius 3 is 2.54 bits per heavy atom. The molecule has 1 N–H and O–H groups in total. The molecular weight excluding hydrogens is 371 g/mol. The molecule has 0 saturated heterocycles. The monoisotopic (exact) mass is 384 g/mol. The fourth-order valence-electron chi connectivity index (χ4n) is 2.63. The van der Waals surface area contributed by atoms with Gasteiger partial charge in [0.15, 0.2) is 0 Å². The van der Waals surface area contributed by atoms with Gasteiger partial charge in [-0.25, -0.2) is 8.42 Å². The summed E-state index contributed by atoms with van der Waals surface area (Å²) in [5.74, 6) is -0.0711. The van der Waals surface area contributed by atoms with Crippen LogP contribution < -0.4 is 9.62 Å². The molecule has 1 amide bonds. The summed E-state index contributed by atoms with van der Waals surface area (Å²) in [6.45, 7) is 2.09. The molecule has 2 aromatic rings. The van der Waals surface area contributed by atoms with Gasteiger partial charge in [-0.2, -0.15) is 0 Å². The summed E-state index contributed by atoms with van der Waals surface area (Å²) in [4.78, 5) is 13.3. The van der Waals surface area contributed by atoms with Crippen LogP contribution in [0.2, 0.25) is 10.0 Å². The number of nitrogens with one attached hydrogen (secondary N) is 1. The molecule has 3 rings (SSSR count). The summed E-state index contributed by atoms with van der Waals surface area (Å²) >= 11 is 11.7. The van der Waals surface area contributed by atoms with E-state index >= 15 is 0 Å². The highest BCUT2D eigenvalue weighted by molar-refractivity contribution is 7.92. The van der Waals surface area contributed by atoms with Crippen molar-refractivity contribution >= 4 is 50.5 Å². The molecule has 0 bridgehead atoms. The van der Waals surface area contributed by atoms with E-state index in [1.54, 1.807) is 17.0 Å². The van der Waals surface area contributed by atoms with Gasteiger partial charge in [-0.15, -0.1) is 0 Å². The second kappa shape index (κ2) is 6.27. The normalized spacial score (nSPS) is 13.7. The number of anilines is 2. The highest BCUT2D eigenvalue weighted by atomic mass is 35.5. The number of carbonyl (C=O) groups is 1. The molecule has 0 saturated carbocycles. The van der Waals surface area contributed by atoms with Crippen molar-refractivity contribution in [1.82, 2.24) is 0 Å². The lowest BCUT2D eigenvalue weighted by atomic mass is 10.1. The van der Waals surface area contributed by atoms with Crippen LogP contribution in [0.15, 0.2) is 41.3 Å². The number of hydrogen-bond donors (Lipinski definition) is 1. The van der Waals surface area contributed by atoms with Crippen LogP contribution in [0.3, 0.4) is 0 Å². The molecule has 0 aromatic heterocycles. The average Bonchev–Trinajstić information content (AvgIpc) is 2.92. The largest absolute Gasteiger partial charge is 0.312 e. The second-order valence-electron chi connectivity index (χ2n) is 5.45. The lowest BCUT2D eigenvalue weighted by Gasteiger charge is -2.16. The summed E-state index contributed by atoms with van der Waals surface area (Å²) in [5, 5.41) is 0.446. The molecule has 0 spiro atoms. The predicted molar refractivity (Wildman–Crippen MR) is 95.4 cm³/mol. The number of rotatable bonds is 3. The van der Waals surface area contributed by atoms with Crippen molar-refractivity contribution in [1.29, 1.82) is 0 Å². The number of carbonyl (C=O) groups excluding carboxylic acids is 1. The fourth-order valence-corrected chi connectivity index (χ4v) is 4.07. The summed E-state index contributed by atoms with van der Waals surface area (Å²) in [6.07, 6.45) is 0.759. The standard InChI is InChI=1S/C16H14Cl2N2O3S/c1-10(21)20-7-6-11-2-3-12(8-16(11)20)19-24(22,23)13-4-5-14(17)15(18)9-13/h2-5,8-9,19H,6-7H2,1H3. The first-order valence-corrected chi connectivity index (χ1v) is 9.41. The Morgan fingerprint density at radius 2 is 1.88 bits per heavy atom. The molecule has 1 aliphatic heterocycles. The predicted octanol–water partition coefficient (Wildman–Crippen LogP) is 3.70. The van der Waals surface area contributed by atoms with Crippen LogP contribution in [-0.2, 0) is 21.2 Å². The lowest BCUT2D eigenvalue weighted by Crippen LogP contribution is -2.25. The fraction of sp³-hybridized carbons (Fsp3) is 0.188. The molecule has 0 fully saturated rings. The second-order valence-corrected chi connectivity index (χ2v) is 7.94. The summed E-state index contributed by atoms with van der Waals surface area (Å²) < 4.78 is 27.5. The van der Waals surface area contributed by atoms with Crippen LogP contribution in [0.5, 0.6) is 0 Å². The van der Waals surface area contributed by atoms with Gasteiger partial charge in [-0.05, 0) is 42.3 Å². The highest BCUT2D eigenvalue weighted by Crippen LogP contribution is 2.32. The van der Waals surface area contributed by atoms with E-state index in [0.29, 0.717) is 12.2 Å². The first-order chi connectivity index (χ1) is 11.3. The Hall–Kier alpha value is -1.76. The molecule has 8 heteroatoms. The SMILES string of the molecule is CC(=O)N1CCc2ccc(NS(=O)(=O)c3ccc(Cl)c(Cl)c3)cc21. The molecule has 24 heavy (non-hydrogen) atoms. The number of nitrogens with zero attached hydrogens (tertiary/aromatic N) is 1. The van der Waals surface area contributed by atoms with Crippen molar-refractivity contribution < 1.29 is 13.2 Å². The van der Waals surface area contributed by atoms with E-state index in [-0.39, 0.29) is 20.8 Å². The van der Waals surface area contributed by atoms with E-state index in [4.69, 9.17) is 23.2 Å². The van der Waals surface area contributed by atoms with Crippen molar-refractivity contribution in [3.05, 3.63) is 52.0 Å². The van der Waals surface area contributed by atoms with Crippen molar-refractivity contribution in [3.63, 3.8) is 0 Å². The Kier molecular flexibility index (Phi) is 4.46. The summed E-state index contributed by atoms with van der Waals surface area (Å²) in [5.41, 5.74) is 2.13. The smallest absolute Gasteiger partial charge is 0.261 e. The zero-order valence-electron chi connectivity index (χ0n) is 12.7. The van der Waals surface area contributed by atoms with Crippen LogP contribution in [-0.4, -0.2) is 20.9 Å². The molecule has 1 heterocycles. The van der Waals surface area contributed by atoms with Crippen LogP contribution in [0.25, 0.3) is 0 Å². The Balaban J connectivity index is 1.92. The summed E-state index contributed by atoms with van der Waals surface area (Å²) in [6, 6.07) is 9.27. The minimum absolute atomic E-state index is 0.0147. The van der Waals surface area contributed by atoms with Gasteiger partial charge >= 0.3 is 0 Å². The van der Waals surface area contributed by atoms with Crippen LogP contribution in [0.1, 0.15) is 12.5 Å². The highest BCUT2D eigenvalue weighted by Gasteiger charge is 2.23. The van der Waals surface area contributed by atoms with Crippen LogP contribution >= 0.6 is 23.2 Å². The third-order valence-electron chi connectivity index (χ3n) is 3.81.